The van der Waals surface area contributed by atoms with Gasteiger partial charge in [-0.3, -0.25) is 4.48 Å². The Morgan fingerprint density at radius 3 is 1.84 bits per heavy atom. The van der Waals surface area contributed by atoms with Crippen LogP contribution in [0.2, 0.25) is 0 Å². The summed E-state index contributed by atoms with van der Waals surface area (Å²) in [6.45, 7) is 19.3. The highest BCUT2D eigenvalue weighted by molar-refractivity contribution is 5.32. The van der Waals surface area contributed by atoms with Crippen LogP contribution in [0.25, 0.3) is 0 Å². The van der Waals surface area contributed by atoms with Crippen molar-refractivity contribution in [1.82, 2.24) is 0 Å². The first kappa shape index (κ1) is 42.7. The van der Waals surface area contributed by atoms with Gasteiger partial charge in [0.05, 0.1) is 47.9 Å². The van der Waals surface area contributed by atoms with E-state index >= 15 is 0 Å². The second-order valence-corrected chi connectivity index (χ2v) is 13.7. The van der Waals surface area contributed by atoms with Crippen LogP contribution in [0.4, 0.5) is 0 Å². The lowest BCUT2D eigenvalue weighted by Crippen LogP contribution is -3.00. The lowest BCUT2D eigenvalue weighted by Gasteiger charge is -2.49. The Hall–Kier alpha value is -2.34. The first-order valence-electron chi connectivity index (χ1n) is 16.1. The minimum absolute atomic E-state index is 0. The monoisotopic (exact) mass is 658 g/mol. The van der Waals surface area contributed by atoms with Crippen molar-refractivity contribution in [3.8, 4) is 5.75 Å². The van der Waals surface area contributed by atoms with Gasteiger partial charge in [-0.1, -0.05) is 101 Å². The van der Waals surface area contributed by atoms with E-state index in [0.29, 0.717) is 25.0 Å². The number of likely N-dealkylation sites (N-methyl/N-ethyl adjacent to an activating group) is 1. The molecule has 0 spiro atoms. The van der Waals surface area contributed by atoms with Gasteiger partial charge >= 0.3 is 0 Å². The number of hydrogen-bond donors (Lipinski definition) is 0. The summed E-state index contributed by atoms with van der Waals surface area (Å²) < 4.78 is 14.6. The van der Waals surface area contributed by atoms with E-state index < -0.39 is 5.72 Å². The second-order valence-electron chi connectivity index (χ2n) is 13.7. The van der Waals surface area contributed by atoms with Gasteiger partial charge < -0.3 is 38.8 Å². The van der Waals surface area contributed by atoms with E-state index in [9.17, 15) is 0 Å². The summed E-state index contributed by atoms with van der Waals surface area (Å²) in [5, 5.41) is 0. The highest BCUT2D eigenvalue weighted by atomic mass is 35.5. The lowest BCUT2D eigenvalue weighted by molar-refractivity contribution is -0.977. The van der Waals surface area contributed by atoms with Gasteiger partial charge in [-0.25, -0.2) is 0 Å². The van der Waals surface area contributed by atoms with Crippen molar-refractivity contribution in [2.24, 2.45) is 11.8 Å². The van der Waals surface area contributed by atoms with E-state index in [4.69, 9.17) is 9.47 Å². The second kappa shape index (κ2) is 20.7. The van der Waals surface area contributed by atoms with Crippen molar-refractivity contribution in [2.45, 2.75) is 59.7 Å². The molecule has 0 amide bonds. The smallest absolute Gasteiger partial charge is 0.230 e. The van der Waals surface area contributed by atoms with E-state index in [1.807, 2.05) is 36.4 Å². The van der Waals surface area contributed by atoms with Crippen molar-refractivity contribution < 1.29 is 43.3 Å². The fourth-order valence-electron chi connectivity index (χ4n) is 5.70. The van der Waals surface area contributed by atoms with E-state index in [1.54, 1.807) is 0 Å². The fourth-order valence-corrected chi connectivity index (χ4v) is 5.70. The third-order valence-electron chi connectivity index (χ3n) is 8.03. The molecule has 1 atom stereocenters. The Morgan fingerprint density at radius 1 is 0.756 bits per heavy atom. The largest absolute Gasteiger partial charge is 1.00 e. The van der Waals surface area contributed by atoms with Crippen LogP contribution in [-0.2, 0) is 23.4 Å². The number of nitrogens with zero attached hydrogens (tertiary/aromatic N) is 2. The van der Waals surface area contributed by atoms with Gasteiger partial charge in [0.1, 0.15) is 18.9 Å². The van der Waals surface area contributed by atoms with Gasteiger partial charge in [0.15, 0.2) is 0 Å². The minimum Gasteiger partial charge on any atom is -1.00 e. The predicted octanol–water partition coefficient (Wildman–Crippen LogP) is 2.73. The van der Waals surface area contributed by atoms with Gasteiger partial charge in [0.25, 0.3) is 0 Å². The number of ether oxygens (including phenoxy) is 2. The summed E-state index contributed by atoms with van der Waals surface area (Å²) in [7, 11) is 9.03. The maximum atomic E-state index is 6.87. The number of halogens is 2. The van der Waals surface area contributed by atoms with Gasteiger partial charge in [-0.05, 0) is 55.0 Å². The molecule has 0 aliphatic rings. The standard InChI is InChI=1S/C27H42NO2.C12H18N.2ClH/c1-8-28(6,7)27(21-23(4)5,26-17-13-12-14-24(26)20-22(2)3)30-19-18-29-25-15-10-9-11-16-25;1-4-10-13(2,3)11-12-8-6-5-7-9-12;;/h9-17,22-23H,8,18-21H2,1-7H3;4-9H,1,10-11H2,2-3H3;2*1H/q2*+1;;/p-2. The molecule has 3 rings (SSSR count). The van der Waals surface area contributed by atoms with Gasteiger partial charge in [-0.2, -0.15) is 0 Å². The molecule has 0 bridgehead atoms. The molecule has 4 nitrogen and oxygen atoms in total. The van der Waals surface area contributed by atoms with Crippen molar-refractivity contribution in [3.63, 3.8) is 0 Å². The number of hydrogen-bond acceptors (Lipinski definition) is 2. The van der Waals surface area contributed by atoms with E-state index in [0.717, 1.165) is 47.2 Å². The van der Waals surface area contributed by atoms with Crippen LogP contribution in [-0.4, -0.2) is 63.5 Å². The average molecular weight is 660 g/mol. The minimum atomic E-state index is -0.408. The first-order valence-corrected chi connectivity index (χ1v) is 16.1. The predicted molar refractivity (Wildman–Crippen MR) is 184 cm³/mol. The summed E-state index contributed by atoms with van der Waals surface area (Å²) >= 11 is 0. The Bertz CT molecular complexity index is 1200. The molecule has 0 heterocycles. The van der Waals surface area contributed by atoms with Crippen LogP contribution in [0.3, 0.4) is 0 Å². The first-order chi connectivity index (χ1) is 20.4. The molecule has 0 radical (unpaired) electrons. The average Bonchev–Trinajstić information content (AvgIpc) is 2.95. The summed E-state index contributed by atoms with van der Waals surface area (Å²) in [6.07, 6.45) is 4.00. The van der Waals surface area contributed by atoms with Gasteiger partial charge in [0.2, 0.25) is 5.72 Å². The Morgan fingerprint density at radius 2 is 1.31 bits per heavy atom. The quantitative estimate of drug-likeness (QED) is 0.102. The molecule has 3 aromatic rings. The zero-order valence-corrected chi connectivity index (χ0v) is 31.0. The van der Waals surface area contributed by atoms with Crippen LogP contribution in [0, 0.1) is 11.8 Å². The molecular formula is C39H60Cl2N2O2. The fraction of sp³-hybridized carbons (Fsp3) is 0.487. The summed E-state index contributed by atoms with van der Waals surface area (Å²) in [6, 6.07) is 29.4. The Kier molecular flexibility index (Phi) is 19.6. The molecule has 0 saturated heterocycles. The lowest BCUT2D eigenvalue weighted by atomic mass is 9.84. The Labute approximate surface area is 288 Å². The molecule has 6 heteroatoms. The molecular weight excluding hydrogens is 599 g/mol. The maximum Gasteiger partial charge on any atom is 0.230 e. The molecule has 0 aliphatic carbocycles. The molecule has 45 heavy (non-hydrogen) atoms. The summed E-state index contributed by atoms with van der Waals surface area (Å²) in [4.78, 5) is 0. The zero-order valence-electron chi connectivity index (χ0n) is 29.4. The molecule has 0 saturated carbocycles. The van der Waals surface area contributed by atoms with Crippen molar-refractivity contribution >= 4 is 0 Å². The molecule has 3 aromatic carbocycles. The third kappa shape index (κ3) is 13.9. The number of quaternary nitrogens is 2. The molecule has 0 aromatic heterocycles. The number of para-hydroxylation sites is 1. The molecule has 252 valence electrons. The zero-order chi connectivity index (χ0) is 31.9. The van der Waals surface area contributed by atoms with Crippen molar-refractivity contribution in [1.29, 1.82) is 0 Å². The summed E-state index contributed by atoms with van der Waals surface area (Å²) in [5.41, 5.74) is 3.71. The molecule has 0 aliphatic heterocycles. The van der Waals surface area contributed by atoms with Crippen LogP contribution in [0.15, 0.2) is 97.6 Å². The van der Waals surface area contributed by atoms with Crippen LogP contribution in [0.1, 0.15) is 57.7 Å². The van der Waals surface area contributed by atoms with Crippen LogP contribution < -0.4 is 29.6 Å². The van der Waals surface area contributed by atoms with Gasteiger partial charge in [0, 0.05) is 17.5 Å². The highest BCUT2D eigenvalue weighted by Crippen LogP contribution is 2.42. The van der Waals surface area contributed by atoms with E-state index in [-0.39, 0.29) is 24.8 Å². The van der Waals surface area contributed by atoms with E-state index in [1.165, 1.54) is 16.7 Å². The van der Waals surface area contributed by atoms with E-state index in [2.05, 4.69) is 124 Å². The van der Waals surface area contributed by atoms with Gasteiger partial charge in [-0.15, -0.1) is 0 Å². The highest BCUT2D eigenvalue weighted by Gasteiger charge is 2.49. The maximum absolute atomic E-state index is 6.87. The number of rotatable bonds is 16. The topological polar surface area (TPSA) is 18.5 Å². The molecule has 0 N–H and O–H groups in total. The summed E-state index contributed by atoms with van der Waals surface area (Å²) in [5.74, 6) is 2.00. The van der Waals surface area contributed by atoms with Crippen LogP contribution in [0.5, 0.6) is 5.75 Å². The SMILES string of the molecule is C=CC[N+](C)(C)Cc1ccccc1.CC[N+](C)(C)C(CC(C)C)(OCCOc1ccccc1)c1ccccc1CC(C)C.[Cl-].[Cl-]. The molecule has 1 unspecified atom stereocenters. The number of benzene rings is 3. The van der Waals surface area contributed by atoms with Crippen molar-refractivity contribution in [3.05, 3.63) is 114 Å². The van der Waals surface area contributed by atoms with Crippen molar-refractivity contribution in [2.75, 3.05) is 54.5 Å². The van der Waals surface area contributed by atoms with Crippen LogP contribution >= 0.6 is 0 Å². The Balaban J connectivity index is 0.00000109. The normalized spacial score (nSPS) is 12.7. The third-order valence-corrected chi connectivity index (χ3v) is 8.03. The molecule has 0 fully saturated rings.